The zero-order valence-electron chi connectivity index (χ0n) is 14.4. The van der Waals surface area contributed by atoms with Crippen molar-refractivity contribution in [1.82, 2.24) is 9.61 Å². The van der Waals surface area contributed by atoms with E-state index in [0.717, 1.165) is 16.3 Å². The van der Waals surface area contributed by atoms with Crippen molar-refractivity contribution in [3.8, 4) is 17.2 Å². The Hall–Kier alpha value is -3.65. The summed E-state index contributed by atoms with van der Waals surface area (Å²) in [4.78, 5) is 12.1. The normalized spacial score (nSPS) is 11.0. The summed E-state index contributed by atoms with van der Waals surface area (Å²) in [6.45, 7) is 3.28. The van der Waals surface area contributed by atoms with Gasteiger partial charge in [-0.25, -0.2) is 4.52 Å². The van der Waals surface area contributed by atoms with Crippen molar-refractivity contribution in [2.45, 2.75) is 13.8 Å². The van der Waals surface area contributed by atoms with Crippen LogP contribution in [0.3, 0.4) is 0 Å². The maximum Gasteiger partial charge on any atom is 0.163 e. The third-order valence-electron chi connectivity index (χ3n) is 4.66. The van der Waals surface area contributed by atoms with Crippen LogP contribution in [-0.2, 0) is 0 Å². The lowest BCUT2D eigenvalue weighted by Crippen LogP contribution is -2.04. The monoisotopic (exact) mass is 340 g/mol. The van der Waals surface area contributed by atoms with E-state index in [2.05, 4.69) is 11.2 Å². The predicted octanol–water partition coefficient (Wildman–Crippen LogP) is 4.12. The lowest BCUT2D eigenvalue weighted by atomic mass is 9.97. The van der Waals surface area contributed by atoms with Crippen LogP contribution in [0.1, 0.15) is 28.5 Å². The topological polar surface area (TPSA) is 84.2 Å². The molecule has 0 aliphatic rings. The van der Waals surface area contributed by atoms with E-state index in [1.54, 1.807) is 6.92 Å². The smallest absolute Gasteiger partial charge is 0.163 e. The molecule has 26 heavy (non-hydrogen) atoms. The quantitative estimate of drug-likeness (QED) is 0.556. The highest BCUT2D eigenvalue weighted by Gasteiger charge is 2.20. The molecule has 0 radical (unpaired) electrons. The Bertz CT molecular complexity index is 1240. The van der Waals surface area contributed by atoms with Crippen molar-refractivity contribution in [3.05, 3.63) is 65.4 Å². The number of carbonyl (C=O) groups excluding carboxylic acids is 1. The fourth-order valence-corrected chi connectivity index (χ4v) is 3.45. The SMILES string of the molecule is CC(=O)c1c(C)nn2c(N)c(C#N)c(-c3ccc4ccccc4c3)cc12. The van der Waals surface area contributed by atoms with E-state index >= 15 is 0 Å². The van der Waals surface area contributed by atoms with Crippen molar-refractivity contribution < 1.29 is 4.79 Å². The number of rotatable bonds is 2. The largest absolute Gasteiger partial charge is 0.383 e. The summed E-state index contributed by atoms with van der Waals surface area (Å²) in [5.74, 6) is 0.162. The molecule has 126 valence electrons. The van der Waals surface area contributed by atoms with Gasteiger partial charge in [-0.05, 0) is 42.3 Å². The number of fused-ring (bicyclic) bond motifs is 2. The van der Waals surface area contributed by atoms with Gasteiger partial charge in [0, 0.05) is 5.56 Å². The van der Waals surface area contributed by atoms with Gasteiger partial charge in [-0.15, -0.1) is 0 Å². The number of anilines is 1. The second-order valence-corrected chi connectivity index (χ2v) is 6.31. The maximum atomic E-state index is 12.1. The second-order valence-electron chi connectivity index (χ2n) is 6.31. The molecule has 0 aliphatic carbocycles. The number of nitriles is 1. The van der Waals surface area contributed by atoms with Crippen molar-refractivity contribution in [1.29, 1.82) is 5.26 Å². The number of aromatic nitrogens is 2. The van der Waals surface area contributed by atoms with Gasteiger partial charge in [0.05, 0.1) is 16.8 Å². The number of nitrogen functional groups attached to an aromatic ring is 1. The first-order valence-electron chi connectivity index (χ1n) is 8.23. The molecule has 2 N–H and O–H groups in total. The first-order valence-corrected chi connectivity index (χ1v) is 8.23. The summed E-state index contributed by atoms with van der Waals surface area (Å²) < 4.78 is 1.48. The van der Waals surface area contributed by atoms with E-state index in [-0.39, 0.29) is 11.6 Å². The molecule has 0 bridgehead atoms. The molecule has 2 aromatic heterocycles. The number of nitrogens with two attached hydrogens (primary N) is 1. The highest BCUT2D eigenvalue weighted by molar-refractivity contribution is 6.03. The molecule has 0 fully saturated rings. The molecule has 0 aliphatic heterocycles. The van der Waals surface area contributed by atoms with Gasteiger partial charge in [0.2, 0.25) is 0 Å². The lowest BCUT2D eigenvalue weighted by Gasteiger charge is -2.10. The molecule has 0 saturated carbocycles. The Morgan fingerprint density at radius 3 is 2.58 bits per heavy atom. The minimum Gasteiger partial charge on any atom is -0.383 e. The first kappa shape index (κ1) is 15.9. The Morgan fingerprint density at radius 1 is 1.15 bits per heavy atom. The van der Waals surface area contributed by atoms with Crippen LogP contribution in [-0.4, -0.2) is 15.4 Å². The zero-order chi connectivity index (χ0) is 18.4. The summed E-state index contributed by atoms with van der Waals surface area (Å²) in [6.07, 6.45) is 0. The molecule has 4 aromatic rings. The number of nitrogens with zero attached hydrogens (tertiary/aromatic N) is 3. The average Bonchev–Trinajstić information content (AvgIpc) is 2.97. The number of hydrogen-bond donors (Lipinski definition) is 1. The number of pyridine rings is 1. The van der Waals surface area contributed by atoms with Gasteiger partial charge in [-0.1, -0.05) is 36.4 Å². The maximum absolute atomic E-state index is 12.1. The molecule has 0 atom stereocenters. The van der Waals surface area contributed by atoms with Gasteiger partial charge < -0.3 is 5.73 Å². The van der Waals surface area contributed by atoms with Crippen LogP contribution in [0.15, 0.2) is 48.5 Å². The van der Waals surface area contributed by atoms with Crippen LogP contribution >= 0.6 is 0 Å². The number of ketones is 1. The molecule has 4 rings (SSSR count). The summed E-state index contributed by atoms with van der Waals surface area (Å²) >= 11 is 0. The fraction of sp³-hybridized carbons (Fsp3) is 0.0952. The highest BCUT2D eigenvalue weighted by Crippen LogP contribution is 2.33. The third-order valence-corrected chi connectivity index (χ3v) is 4.66. The molecule has 0 spiro atoms. The standard InChI is InChI=1S/C21H16N4O/c1-12-20(13(2)26)19-10-17(18(11-22)21(23)25(19)24-12)16-8-7-14-5-3-4-6-15(14)9-16/h3-10H,23H2,1-2H3. The van der Waals surface area contributed by atoms with Crippen molar-refractivity contribution in [2.24, 2.45) is 0 Å². The van der Waals surface area contributed by atoms with Crippen LogP contribution in [0.4, 0.5) is 5.82 Å². The van der Waals surface area contributed by atoms with E-state index in [0.29, 0.717) is 27.9 Å². The van der Waals surface area contributed by atoms with Gasteiger partial charge in [-0.2, -0.15) is 10.4 Å². The van der Waals surface area contributed by atoms with Crippen molar-refractivity contribution in [3.63, 3.8) is 0 Å². The number of aryl methyl sites for hydroxylation is 1. The molecule has 5 nitrogen and oxygen atoms in total. The average molecular weight is 340 g/mol. The Morgan fingerprint density at radius 2 is 1.88 bits per heavy atom. The van der Waals surface area contributed by atoms with E-state index in [1.807, 2.05) is 48.5 Å². The minimum absolute atomic E-state index is 0.0777. The Balaban J connectivity index is 2.09. The molecule has 5 heteroatoms. The minimum atomic E-state index is -0.0777. The molecule has 2 aromatic carbocycles. The van der Waals surface area contributed by atoms with E-state index < -0.39 is 0 Å². The van der Waals surface area contributed by atoms with Gasteiger partial charge in [0.25, 0.3) is 0 Å². The summed E-state index contributed by atoms with van der Waals surface area (Å²) in [5, 5.41) is 16.2. The summed E-state index contributed by atoms with van der Waals surface area (Å²) in [7, 11) is 0. The molecular formula is C21H16N4O. The predicted molar refractivity (Wildman–Crippen MR) is 102 cm³/mol. The lowest BCUT2D eigenvalue weighted by molar-refractivity contribution is 0.101. The molecule has 0 amide bonds. The Labute approximate surface area is 150 Å². The van der Waals surface area contributed by atoms with E-state index in [9.17, 15) is 10.1 Å². The van der Waals surface area contributed by atoms with Gasteiger partial charge in [0.15, 0.2) is 5.78 Å². The highest BCUT2D eigenvalue weighted by atomic mass is 16.1. The number of hydrogen-bond acceptors (Lipinski definition) is 4. The molecule has 0 saturated heterocycles. The fourth-order valence-electron chi connectivity index (χ4n) is 3.45. The van der Waals surface area contributed by atoms with E-state index in [4.69, 9.17) is 5.73 Å². The number of Topliss-reactive ketones (excluding diaryl/α,β-unsaturated/α-hetero) is 1. The third kappa shape index (κ3) is 2.24. The van der Waals surface area contributed by atoms with Crippen LogP contribution in [0.2, 0.25) is 0 Å². The van der Waals surface area contributed by atoms with Crippen molar-refractivity contribution in [2.75, 3.05) is 5.73 Å². The Kier molecular flexibility index (Phi) is 3.48. The number of benzene rings is 2. The van der Waals surface area contributed by atoms with Gasteiger partial charge in [-0.3, -0.25) is 4.79 Å². The summed E-state index contributed by atoms with van der Waals surface area (Å²) in [6, 6.07) is 18.0. The second kappa shape index (κ2) is 5.71. The van der Waals surface area contributed by atoms with Gasteiger partial charge >= 0.3 is 0 Å². The van der Waals surface area contributed by atoms with E-state index in [1.165, 1.54) is 11.4 Å². The van der Waals surface area contributed by atoms with Crippen LogP contribution < -0.4 is 5.73 Å². The molecular weight excluding hydrogens is 324 g/mol. The van der Waals surface area contributed by atoms with Crippen molar-refractivity contribution >= 4 is 27.9 Å². The number of carbonyl (C=O) groups is 1. The zero-order valence-corrected chi connectivity index (χ0v) is 14.4. The first-order chi connectivity index (χ1) is 12.5. The van der Waals surface area contributed by atoms with Crippen LogP contribution in [0.25, 0.3) is 27.4 Å². The molecule has 0 unspecified atom stereocenters. The summed E-state index contributed by atoms with van der Waals surface area (Å²) in [5.41, 5.74) is 9.91. The van der Waals surface area contributed by atoms with Gasteiger partial charge in [0.1, 0.15) is 17.5 Å². The van der Waals surface area contributed by atoms with Crippen LogP contribution in [0.5, 0.6) is 0 Å². The molecule has 2 heterocycles. The van der Waals surface area contributed by atoms with Crippen LogP contribution in [0, 0.1) is 18.3 Å².